The average molecular weight is 465 g/mol. The van der Waals surface area contributed by atoms with E-state index in [1.54, 1.807) is 24.3 Å². The van der Waals surface area contributed by atoms with Gasteiger partial charge < -0.3 is 21.5 Å². The van der Waals surface area contributed by atoms with Gasteiger partial charge in [-0.05, 0) is 42.2 Å². The van der Waals surface area contributed by atoms with Gasteiger partial charge in [0, 0.05) is 17.6 Å². The molecule has 0 unspecified atom stereocenters. The smallest absolute Gasteiger partial charge is 1.00 e. The van der Waals surface area contributed by atoms with E-state index in [2.05, 4.69) is 0 Å². The molecule has 0 saturated carbocycles. The Balaban J connectivity index is 0.00000289. The number of rotatable bonds is 9. The Morgan fingerprint density at radius 2 is 1.76 bits per heavy atom. The van der Waals surface area contributed by atoms with Crippen LogP contribution in [0.5, 0.6) is 5.75 Å². The van der Waals surface area contributed by atoms with Crippen LogP contribution in [0.4, 0.5) is 4.39 Å². The van der Waals surface area contributed by atoms with Gasteiger partial charge >= 0.3 is 35.5 Å². The van der Waals surface area contributed by atoms with E-state index in [4.69, 9.17) is 9.84 Å². The largest absolute Gasteiger partial charge is 1.00 e. The van der Waals surface area contributed by atoms with Crippen LogP contribution < -0.4 is 34.3 Å². The van der Waals surface area contributed by atoms with Crippen molar-refractivity contribution in [1.29, 1.82) is 0 Å². The molecule has 1 aliphatic rings. The molecule has 0 bridgehead atoms. The van der Waals surface area contributed by atoms with Crippen molar-refractivity contribution in [2.24, 2.45) is 0 Å². The Bertz CT molecular complexity index is 1020. The van der Waals surface area contributed by atoms with Crippen LogP contribution in [-0.2, 0) is 4.79 Å². The first-order valence-corrected chi connectivity index (χ1v) is 10.8. The number of fused-ring (bicyclic) bond motifs is 1. The quantitative estimate of drug-likeness (QED) is 0.493. The first-order chi connectivity index (χ1) is 15.3. The minimum absolute atomic E-state index is 0. The Hall–Kier alpha value is -1.96. The third kappa shape index (κ3) is 6.34. The van der Waals surface area contributed by atoms with Crippen LogP contribution in [0.2, 0.25) is 0 Å². The van der Waals surface area contributed by atoms with E-state index >= 15 is 0 Å². The Morgan fingerprint density at radius 1 is 1.12 bits per heavy atom. The van der Waals surface area contributed by atoms with Crippen molar-refractivity contribution in [3.8, 4) is 5.75 Å². The molecule has 33 heavy (non-hydrogen) atoms. The number of halogens is 1. The molecule has 2 aromatic rings. The normalized spacial score (nSPS) is 16.5. The first kappa shape index (κ1) is 27.3. The molecule has 5 nitrogen and oxygen atoms in total. The Labute approximate surface area is 217 Å². The zero-order valence-electron chi connectivity index (χ0n) is 20.3. The molecule has 0 fully saturated rings. The van der Waals surface area contributed by atoms with Crippen LogP contribution in [0.1, 0.15) is 52.1 Å². The van der Waals surface area contributed by atoms with Crippen LogP contribution in [-0.4, -0.2) is 39.1 Å². The van der Waals surface area contributed by atoms with E-state index in [0.29, 0.717) is 12.8 Å². The monoisotopic (exact) mass is 464 g/mol. The zero-order chi connectivity index (χ0) is 23.3. The van der Waals surface area contributed by atoms with E-state index in [1.807, 2.05) is 38.1 Å². The van der Waals surface area contributed by atoms with E-state index in [9.17, 15) is 19.4 Å². The fraction of sp³-hybridized carbons (Fsp3) is 0.346. The van der Waals surface area contributed by atoms with Crippen LogP contribution in [0, 0.1) is 5.82 Å². The van der Waals surface area contributed by atoms with Gasteiger partial charge in [0.25, 0.3) is 0 Å². The van der Waals surface area contributed by atoms with Gasteiger partial charge in [0.2, 0.25) is 0 Å². The molecule has 1 heterocycles. The molecule has 1 aliphatic heterocycles. The number of carboxylic acid groups (broad SMARTS) is 1. The maximum atomic E-state index is 13.6. The van der Waals surface area contributed by atoms with E-state index in [1.165, 1.54) is 12.1 Å². The van der Waals surface area contributed by atoms with Gasteiger partial charge in [0.15, 0.2) is 0 Å². The van der Waals surface area contributed by atoms with Gasteiger partial charge in [-0.1, -0.05) is 56.3 Å². The molecule has 0 spiro atoms. The predicted molar refractivity (Wildman–Crippen MR) is 122 cm³/mol. The fourth-order valence-electron chi connectivity index (χ4n) is 4.19. The van der Waals surface area contributed by atoms with Gasteiger partial charge in [0.1, 0.15) is 17.2 Å². The number of hydrogen-bond acceptors (Lipinski definition) is 4. The van der Waals surface area contributed by atoms with E-state index in [0.717, 1.165) is 28.0 Å². The van der Waals surface area contributed by atoms with Gasteiger partial charge in [-0.2, -0.15) is 0 Å². The van der Waals surface area contributed by atoms with Gasteiger partial charge in [0.05, 0.1) is 18.6 Å². The summed E-state index contributed by atoms with van der Waals surface area (Å²) >= 11 is 0. The summed E-state index contributed by atoms with van der Waals surface area (Å²) in [5.74, 6) is -0.708. The second-order valence-electron chi connectivity index (χ2n) is 8.01. The van der Waals surface area contributed by atoms with Crippen molar-refractivity contribution in [2.75, 3.05) is 0 Å². The standard InChI is InChI=1S/C26H29FO5.Na.H/c1-3-26(4-2)22(14-13-19(28)15-20(29)16-24(30)31)25(17-9-11-18(27)12-10-17)21-7-5-6-8-23(21)32-26;;/h5-14,19-20,28-29H,3-4,15-16H2,1-2H3,(H,30,31);;/q;+1;-1/t19-,20-;;/m1../s1. The molecular weight excluding hydrogens is 434 g/mol. The summed E-state index contributed by atoms with van der Waals surface area (Å²) in [5.41, 5.74) is 2.78. The fourth-order valence-corrected chi connectivity index (χ4v) is 4.19. The predicted octanol–water partition coefficient (Wildman–Crippen LogP) is 1.84. The summed E-state index contributed by atoms with van der Waals surface area (Å²) in [6.45, 7) is 4.06. The molecule has 7 heteroatoms. The summed E-state index contributed by atoms with van der Waals surface area (Å²) in [6, 6.07) is 14.0. The summed E-state index contributed by atoms with van der Waals surface area (Å²) in [6.07, 6.45) is 1.97. The van der Waals surface area contributed by atoms with Crippen molar-refractivity contribution in [3.63, 3.8) is 0 Å². The molecule has 0 aromatic heterocycles. The number of aliphatic hydroxyl groups excluding tert-OH is 2. The summed E-state index contributed by atoms with van der Waals surface area (Å²) in [5, 5.41) is 29.1. The summed E-state index contributed by atoms with van der Waals surface area (Å²) in [7, 11) is 0. The summed E-state index contributed by atoms with van der Waals surface area (Å²) in [4.78, 5) is 10.8. The van der Waals surface area contributed by atoms with Crippen molar-refractivity contribution in [2.45, 2.75) is 57.3 Å². The SMILES string of the molecule is CCC1(CC)Oc2ccccc2C(c2ccc(F)cc2)=C1C=C[C@@H](O)C[C@@H](O)CC(=O)O.[H-].[Na+]. The molecule has 0 amide bonds. The zero-order valence-corrected chi connectivity index (χ0v) is 21.3. The number of carboxylic acids is 1. The van der Waals surface area contributed by atoms with Gasteiger partial charge in [-0.3, -0.25) is 4.79 Å². The molecule has 0 saturated heterocycles. The van der Waals surface area contributed by atoms with Crippen LogP contribution in [0.25, 0.3) is 5.57 Å². The van der Waals surface area contributed by atoms with Crippen LogP contribution >= 0.6 is 0 Å². The van der Waals surface area contributed by atoms with Crippen molar-refractivity contribution in [1.82, 2.24) is 0 Å². The van der Waals surface area contributed by atoms with Crippen molar-refractivity contribution in [3.05, 3.63) is 83.2 Å². The minimum atomic E-state index is -1.15. The maximum absolute atomic E-state index is 13.6. The molecule has 2 atom stereocenters. The minimum Gasteiger partial charge on any atom is -1.00 e. The number of carbonyl (C=O) groups is 1. The van der Waals surface area contributed by atoms with Crippen LogP contribution in [0.3, 0.4) is 0 Å². The second kappa shape index (κ2) is 12.0. The van der Waals surface area contributed by atoms with E-state index < -0.39 is 30.2 Å². The third-order valence-corrected chi connectivity index (χ3v) is 5.91. The molecule has 2 aromatic carbocycles. The molecule has 0 radical (unpaired) electrons. The van der Waals surface area contributed by atoms with Crippen molar-refractivity contribution < 1.29 is 60.2 Å². The molecular formula is C26H30FNaO5. The Kier molecular flexibility index (Phi) is 9.88. The Morgan fingerprint density at radius 3 is 2.36 bits per heavy atom. The maximum Gasteiger partial charge on any atom is 1.00 e. The van der Waals surface area contributed by atoms with Gasteiger partial charge in [-0.25, -0.2) is 4.39 Å². The number of benzene rings is 2. The number of aliphatic hydroxyl groups is 2. The number of hydrogen-bond donors (Lipinski definition) is 3. The topological polar surface area (TPSA) is 87.0 Å². The summed E-state index contributed by atoms with van der Waals surface area (Å²) < 4.78 is 20.1. The second-order valence-corrected chi connectivity index (χ2v) is 8.01. The van der Waals surface area contributed by atoms with Crippen molar-refractivity contribution >= 4 is 11.5 Å². The van der Waals surface area contributed by atoms with Gasteiger partial charge in [-0.15, -0.1) is 0 Å². The van der Waals surface area contributed by atoms with E-state index in [-0.39, 0.29) is 43.2 Å². The third-order valence-electron chi connectivity index (χ3n) is 5.91. The number of para-hydroxylation sites is 1. The molecule has 0 aliphatic carbocycles. The number of aliphatic carboxylic acids is 1. The molecule has 172 valence electrons. The average Bonchev–Trinajstić information content (AvgIpc) is 2.76. The molecule has 3 rings (SSSR count). The molecule has 3 N–H and O–H groups in total. The van der Waals surface area contributed by atoms with Crippen LogP contribution in [0.15, 0.2) is 66.3 Å². The first-order valence-electron chi connectivity index (χ1n) is 10.8. The number of ether oxygens (including phenoxy) is 1.